The van der Waals surface area contributed by atoms with E-state index in [4.69, 9.17) is 20.6 Å². The first-order valence-electron chi connectivity index (χ1n) is 6.58. The molecule has 3 N–H and O–H groups in total. The zero-order valence-electron chi connectivity index (χ0n) is 11.3. The van der Waals surface area contributed by atoms with Gasteiger partial charge in [-0.05, 0) is 38.1 Å². The van der Waals surface area contributed by atoms with Crippen molar-refractivity contribution in [1.29, 1.82) is 5.41 Å². The molecule has 1 saturated heterocycles. The lowest BCUT2D eigenvalue weighted by molar-refractivity contribution is 0.237. The van der Waals surface area contributed by atoms with Crippen molar-refractivity contribution < 1.29 is 9.47 Å². The molecule has 0 aliphatic carbocycles. The van der Waals surface area contributed by atoms with Gasteiger partial charge in [-0.2, -0.15) is 0 Å². The van der Waals surface area contributed by atoms with Gasteiger partial charge in [-0.25, -0.2) is 0 Å². The van der Waals surface area contributed by atoms with Crippen molar-refractivity contribution in [2.75, 3.05) is 33.4 Å². The molecule has 0 saturated carbocycles. The van der Waals surface area contributed by atoms with E-state index in [1.165, 1.54) is 12.8 Å². The number of hydrogen-bond acceptors (Lipinski definition) is 4. The topological polar surface area (TPSA) is 71.6 Å². The molecule has 2 rings (SSSR count). The Morgan fingerprint density at radius 3 is 2.74 bits per heavy atom. The van der Waals surface area contributed by atoms with E-state index in [-0.39, 0.29) is 5.84 Å². The van der Waals surface area contributed by atoms with Crippen molar-refractivity contribution in [3.63, 3.8) is 0 Å². The summed E-state index contributed by atoms with van der Waals surface area (Å²) in [5.74, 6) is 1.34. The summed E-state index contributed by atoms with van der Waals surface area (Å²) >= 11 is 0. The summed E-state index contributed by atoms with van der Waals surface area (Å²) in [5.41, 5.74) is 6.17. The van der Waals surface area contributed by atoms with Gasteiger partial charge in [-0.15, -0.1) is 0 Å². The van der Waals surface area contributed by atoms with Crippen molar-refractivity contribution in [1.82, 2.24) is 4.90 Å². The predicted molar refractivity (Wildman–Crippen MR) is 75.2 cm³/mol. The molecule has 1 fully saturated rings. The molecular weight excluding hydrogens is 242 g/mol. The first-order valence-corrected chi connectivity index (χ1v) is 6.58. The van der Waals surface area contributed by atoms with Crippen molar-refractivity contribution in [2.24, 2.45) is 5.73 Å². The fourth-order valence-corrected chi connectivity index (χ4v) is 2.26. The second-order valence-corrected chi connectivity index (χ2v) is 4.67. The maximum Gasteiger partial charge on any atom is 0.133 e. The Balaban J connectivity index is 1.98. The smallest absolute Gasteiger partial charge is 0.133 e. The number of benzene rings is 1. The second kappa shape index (κ2) is 6.43. The van der Waals surface area contributed by atoms with Crippen LogP contribution in [0.1, 0.15) is 18.4 Å². The largest absolute Gasteiger partial charge is 0.497 e. The fourth-order valence-electron chi connectivity index (χ4n) is 2.26. The van der Waals surface area contributed by atoms with Crippen LogP contribution in [0.2, 0.25) is 0 Å². The molecule has 5 heteroatoms. The van der Waals surface area contributed by atoms with Gasteiger partial charge in [-0.3, -0.25) is 10.3 Å². The van der Waals surface area contributed by atoms with Crippen molar-refractivity contribution in [2.45, 2.75) is 12.8 Å². The summed E-state index contributed by atoms with van der Waals surface area (Å²) in [4.78, 5) is 2.38. The Kier molecular flexibility index (Phi) is 4.63. The van der Waals surface area contributed by atoms with Gasteiger partial charge in [0.1, 0.15) is 23.9 Å². The molecule has 0 atom stereocenters. The number of nitrogens with zero attached hydrogens (tertiary/aromatic N) is 1. The van der Waals surface area contributed by atoms with Gasteiger partial charge in [0.25, 0.3) is 0 Å². The fraction of sp³-hybridized carbons (Fsp3) is 0.500. The van der Waals surface area contributed by atoms with Gasteiger partial charge in [-0.1, -0.05) is 0 Å². The number of ether oxygens (including phenoxy) is 2. The molecule has 19 heavy (non-hydrogen) atoms. The van der Waals surface area contributed by atoms with Crippen molar-refractivity contribution in [3.8, 4) is 11.5 Å². The van der Waals surface area contributed by atoms with Gasteiger partial charge >= 0.3 is 0 Å². The quantitative estimate of drug-likeness (QED) is 0.602. The van der Waals surface area contributed by atoms with E-state index in [9.17, 15) is 0 Å². The highest BCUT2D eigenvalue weighted by Gasteiger charge is 2.12. The molecule has 0 bridgehead atoms. The van der Waals surface area contributed by atoms with Gasteiger partial charge in [0.15, 0.2) is 0 Å². The highest BCUT2D eigenvalue weighted by Crippen LogP contribution is 2.24. The first-order chi connectivity index (χ1) is 9.20. The van der Waals surface area contributed by atoms with E-state index in [0.29, 0.717) is 23.7 Å². The van der Waals surface area contributed by atoms with Crippen LogP contribution in [0.3, 0.4) is 0 Å². The zero-order valence-corrected chi connectivity index (χ0v) is 11.3. The molecule has 104 valence electrons. The maximum absolute atomic E-state index is 7.55. The Morgan fingerprint density at radius 1 is 1.37 bits per heavy atom. The third-order valence-electron chi connectivity index (χ3n) is 3.34. The molecule has 0 unspecified atom stereocenters. The monoisotopic (exact) mass is 263 g/mol. The number of rotatable bonds is 6. The van der Waals surface area contributed by atoms with Crippen LogP contribution in [0.4, 0.5) is 0 Å². The van der Waals surface area contributed by atoms with Gasteiger partial charge < -0.3 is 15.2 Å². The average molecular weight is 263 g/mol. The number of likely N-dealkylation sites (tertiary alicyclic amines) is 1. The lowest BCUT2D eigenvalue weighted by Gasteiger charge is -2.16. The number of amidine groups is 1. The number of nitrogen functional groups attached to an aromatic ring is 1. The minimum Gasteiger partial charge on any atom is -0.497 e. The SMILES string of the molecule is COc1ccc(C(=N)N)c(OCCN2CCCC2)c1. The van der Waals surface area contributed by atoms with Crippen LogP contribution in [0.15, 0.2) is 18.2 Å². The van der Waals surface area contributed by atoms with Crippen molar-refractivity contribution >= 4 is 5.84 Å². The van der Waals surface area contributed by atoms with E-state index in [0.717, 1.165) is 19.6 Å². The maximum atomic E-state index is 7.55. The molecule has 1 aliphatic heterocycles. The normalized spacial score (nSPS) is 15.4. The average Bonchev–Trinajstić information content (AvgIpc) is 2.91. The molecule has 0 spiro atoms. The molecule has 1 aliphatic rings. The minimum atomic E-state index is 0.0128. The molecule has 1 aromatic carbocycles. The van der Waals surface area contributed by atoms with Gasteiger partial charge in [0.2, 0.25) is 0 Å². The van der Waals surface area contributed by atoms with Crippen LogP contribution >= 0.6 is 0 Å². The Morgan fingerprint density at radius 2 is 2.11 bits per heavy atom. The standard InChI is InChI=1S/C14H21N3O2/c1-18-11-4-5-12(14(15)16)13(10-11)19-9-8-17-6-2-3-7-17/h4-5,10H,2-3,6-9H2,1H3,(H3,15,16). The highest BCUT2D eigenvalue weighted by atomic mass is 16.5. The number of nitrogens with two attached hydrogens (primary N) is 1. The van der Waals surface area contributed by atoms with Crippen LogP contribution in [-0.4, -0.2) is 44.1 Å². The third-order valence-corrected chi connectivity index (χ3v) is 3.34. The summed E-state index contributed by atoms with van der Waals surface area (Å²) < 4.78 is 10.9. The number of methoxy groups -OCH3 is 1. The summed E-state index contributed by atoms with van der Waals surface area (Å²) in [6, 6.07) is 5.32. The third kappa shape index (κ3) is 3.61. The Labute approximate surface area is 113 Å². The van der Waals surface area contributed by atoms with Gasteiger partial charge in [0.05, 0.1) is 12.7 Å². The van der Waals surface area contributed by atoms with E-state index in [1.807, 2.05) is 0 Å². The van der Waals surface area contributed by atoms with Crippen LogP contribution in [0, 0.1) is 5.41 Å². The predicted octanol–water partition coefficient (Wildman–Crippen LogP) is 1.45. The summed E-state index contributed by atoms with van der Waals surface area (Å²) in [5, 5.41) is 7.55. The summed E-state index contributed by atoms with van der Waals surface area (Å²) in [7, 11) is 1.61. The minimum absolute atomic E-state index is 0.0128. The molecule has 1 heterocycles. The molecule has 5 nitrogen and oxygen atoms in total. The molecule has 0 aromatic heterocycles. The van der Waals surface area contributed by atoms with E-state index >= 15 is 0 Å². The Hall–Kier alpha value is -1.75. The van der Waals surface area contributed by atoms with Crippen LogP contribution < -0.4 is 15.2 Å². The molecule has 0 radical (unpaired) electrons. The van der Waals surface area contributed by atoms with Crippen LogP contribution in [0.25, 0.3) is 0 Å². The molecule has 0 amide bonds. The zero-order chi connectivity index (χ0) is 13.7. The van der Waals surface area contributed by atoms with Crippen molar-refractivity contribution in [3.05, 3.63) is 23.8 Å². The number of hydrogen-bond donors (Lipinski definition) is 2. The van der Waals surface area contributed by atoms with E-state index in [2.05, 4.69) is 4.90 Å². The summed E-state index contributed by atoms with van der Waals surface area (Å²) in [6.07, 6.45) is 2.55. The second-order valence-electron chi connectivity index (χ2n) is 4.67. The first kappa shape index (κ1) is 13.7. The molecular formula is C14H21N3O2. The molecule has 1 aromatic rings. The summed E-state index contributed by atoms with van der Waals surface area (Å²) in [6.45, 7) is 3.82. The lowest BCUT2D eigenvalue weighted by atomic mass is 10.2. The Bertz CT molecular complexity index is 442. The van der Waals surface area contributed by atoms with Gasteiger partial charge in [0, 0.05) is 12.6 Å². The van der Waals surface area contributed by atoms with Crippen LogP contribution in [-0.2, 0) is 0 Å². The van der Waals surface area contributed by atoms with E-state index in [1.54, 1.807) is 25.3 Å². The van der Waals surface area contributed by atoms with E-state index < -0.39 is 0 Å². The lowest BCUT2D eigenvalue weighted by Crippen LogP contribution is -2.25. The van der Waals surface area contributed by atoms with Crippen LogP contribution in [0.5, 0.6) is 11.5 Å². The number of nitrogens with one attached hydrogen (secondary N) is 1. The highest BCUT2D eigenvalue weighted by molar-refractivity contribution is 5.97.